The minimum atomic E-state index is -0.439. The summed E-state index contributed by atoms with van der Waals surface area (Å²) in [7, 11) is 0. The highest BCUT2D eigenvalue weighted by atomic mass is 35.5. The molecule has 1 aromatic carbocycles. The van der Waals surface area contributed by atoms with Crippen LogP contribution in [0.25, 0.3) is 11.6 Å². The van der Waals surface area contributed by atoms with Crippen LogP contribution in [0.2, 0.25) is 5.02 Å². The van der Waals surface area contributed by atoms with E-state index in [1.54, 1.807) is 25.4 Å². The molecule has 3 aromatic rings. The fraction of sp³-hybridized carbons (Fsp3) is 0.348. The molecule has 1 saturated carbocycles. The van der Waals surface area contributed by atoms with Crippen molar-refractivity contribution in [3.05, 3.63) is 74.9 Å². The number of carbonyl (C=O) groups is 1. The summed E-state index contributed by atoms with van der Waals surface area (Å²) in [4.78, 5) is 41.1. The van der Waals surface area contributed by atoms with E-state index in [0.29, 0.717) is 22.1 Å². The van der Waals surface area contributed by atoms with Crippen LogP contribution in [0.1, 0.15) is 48.9 Å². The van der Waals surface area contributed by atoms with Crippen molar-refractivity contribution in [3.8, 4) is 11.6 Å². The van der Waals surface area contributed by atoms with Crippen molar-refractivity contribution >= 4 is 17.5 Å². The van der Waals surface area contributed by atoms with E-state index < -0.39 is 5.54 Å². The van der Waals surface area contributed by atoms with E-state index in [1.165, 1.54) is 0 Å². The Morgan fingerprint density at radius 3 is 2.45 bits per heavy atom. The number of hydrogen-bond donors (Lipinski definition) is 2. The van der Waals surface area contributed by atoms with E-state index >= 15 is 0 Å². The quantitative estimate of drug-likeness (QED) is 0.633. The van der Waals surface area contributed by atoms with Gasteiger partial charge in [0.15, 0.2) is 11.6 Å². The number of halogens is 1. The number of hydrogen-bond acceptors (Lipinski definition) is 5. The molecule has 2 aromatic heterocycles. The SMILES string of the molecule is Cc1nc(-c2ncccn2)[nH]c(=O)c1CC(=O)NC1(c2ccc(Cl)cc2)CCCCC1. The molecule has 160 valence electrons. The van der Waals surface area contributed by atoms with Gasteiger partial charge in [-0.3, -0.25) is 9.59 Å². The van der Waals surface area contributed by atoms with E-state index in [9.17, 15) is 9.59 Å². The van der Waals surface area contributed by atoms with E-state index in [-0.39, 0.29) is 23.7 Å². The van der Waals surface area contributed by atoms with Crippen LogP contribution in [-0.2, 0) is 16.8 Å². The van der Waals surface area contributed by atoms with Gasteiger partial charge in [0.25, 0.3) is 5.56 Å². The highest BCUT2D eigenvalue weighted by molar-refractivity contribution is 6.30. The third-order valence-corrected chi connectivity index (χ3v) is 6.07. The van der Waals surface area contributed by atoms with Crippen LogP contribution in [0, 0.1) is 6.92 Å². The minimum absolute atomic E-state index is 0.0422. The molecular formula is C23H24ClN5O2. The van der Waals surface area contributed by atoms with E-state index in [1.807, 2.05) is 24.3 Å². The summed E-state index contributed by atoms with van der Waals surface area (Å²) in [6.07, 6.45) is 8.07. The van der Waals surface area contributed by atoms with Crippen molar-refractivity contribution in [1.82, 2.24) is 25.3 Å². The predicted molar refractivity (Wildman–Crippen MR) is 119 cm³/mol. The summed E-state index contributed by atoms with van der Waals surface area (Å²) in [6.45, 7) is 1.72. The predicted octanol–water partition coefficient (Wildman–Crippen LogP) is 3.71. The number of aromatic amines is 1. The third kappa shape index (κ3) is 4.66. The Kier molecular flexibility index (Phi) is 6.13. The monoisotopic (exact) mass is 437 g/mol. The van der Waals surface area contributed by atoms with Crippen molar-refractivity contribution in [2.24, 2.45) is 0 Å². The fourth-order valence-electron chi connectivity index (χ4n) is 4.23. The summed E-state index contributed by atoms with van der Waals surface area (Å²) >= 11 is 6.06. The number of H-pyrrole nitrogens is 1. The largest absolute Gasteiger partial charge is 0.346 e. The molecule has 0 atom stereocenters. The Morgan fingerprint density at radius 2 is 1.81 bits per heavy atom. The fourth-order valence-corrected chi connectivity index (χ4v) is 4.35. The van der Waals surface area contributed by atoms with E-state index in [0.717, 1.165) is 37.7 Å². The summed E-state index contributed by atoms with van der Waals surface area (Å²) in [5.41, 5.74) is 1.09. The standard InChI is InChI=1S/C23H24ClN5O2/c1-15-18(22(31)28-21(27-15)20-25-12-5-13-26-20)14-19(30)29-23(10-3-2-4-11-23)16-6-8-17(24)9-7-16/h5-9,12-13H,2-4,10-11,14H2,1H3,(H,29,30)(H,27,28,31). The Balaban J connectivity index is 1.57. The van der Waals surface area contributed by atoms with Crippen molar-refractivity contribution in [2.45, 2.75) is 51.0 Å². The van der Waals surface area contributed by atoms with Crippen LogP contribution in [0.15, 0.2) is 47.5 Å². The Hall–Kier alpha value is -3.06. The van der Waals surface area contributed by atoms with Gasteiger partial charge in [-0.25, -0.2) is 15.0 Å². The second-order valence-electron chi connectivity index (χ2n) is 7.93. The first-order valence-corrected chi connectivity index (χ1v) is 10.8. The molecule has 0 radical (unpaired) electrons. The number of aromatic nitrogens is 4. The van der Waals surface area contributed by atoms with Gasteiger partial charge in [0.2, 0.25) is 5.91 Å². The number of carbonyl (C=O) groups excluding carboxylic acids is 1. The zero-order valence-corrected chi connectivity index (χ0v) is 18.1. The first-order chi connectivity index (χ1) is 15.0. The van der Waals surface area contributed by atoms with Gasteiger partial charge in [0.1, 0.15) is 0 Å². The van der Waals surface area contributed by atoms with Crippen LogP contribution in [0.4, 0.5) is 0 Å². The number of rotatable bonds is 5. The molecule has 31 heavy (non-hydrogen) atoms. The Labute approximate surface area is 185 Å². The number of benzene rings is 1. The second kappa shape index (κ2) is 8.98. The van der Waals surface area contributed by atoms with Crippen LogP contribution in [-0.4, -0.2) is 25.8 Å². The zero-order chi connectivity index (χ0) is 21.8. The highest BCUT2D eigenvalue weighted by Gasteiger charge is 2.35. The molecule has 1 amide bonds. The molecule has 0 aliphatic heterocycles. The lowest BCUT2D eigenvalue weighted by molar-refractivity contribution is -0.123. The zero-order valence-electron chi connectivity index (χ0n) is 17.3. The smallest absolute Gasteiger partial charge is 0.255 e. The highest BCUT2D eigenvalue weighted by Crippen LogP contribution is 2.37. The minimum Gasteiger partial charge on any atom is -0.346 e. The van der Waals surface area contributed by atoms with Gasteiger partial charge in [-0.2, -0.15) is 0 Å². The lowest BCUT2D eigenvalue weighted by Crippen LogP contribution is -2.48. The summed E-state index contributed by atoms with van der Waals surface area (Å²) in [5, 5.41) is 3.89. The third-order valence-electron chi connectivity index (χ3n) is 5.82. The van der Waals surface area contributed by atoms with Gasteiger partial charge in [-0.1, -0.05) is 43.0 Å². The number of nitrogens with one attached hydrogen (secondary N) is 2. The van der Waals surface area contributed by atoms with E-state index in [2.05, 4.69) is 25.3 Å². The average Bonchev–Trinajstić information content (AvgIpc) is 2.78. The van der Waals surface area contributed by atoms with Crippen LogP contribution >= 0.6 is 11.6 Å². The van der Waals surface area contributed by atoms with Crippen molar-refractivity contribution in [1.29, 1.82) is 0 Å². The maximum Gasteiger partial charge on any atom is 0.255 e. The topological polar surface area (TPSA) is 101 Å². The number of amides is 1. The number of aryl methyl sites for hydroxylation is 1. The first kappa shape index (κ1) is 21.2. The van der Waals surface area contributed by atoms with Gasteiger partial charge in [-0.15, -0.1) is 0 Å². The molecule has 0 saturated heterocycles. The van der Waals surface area contributed by atoms with Gasteiger partial charge >= 0.3 is 0 Å². The number of nitrogens with zero attached hydrogens (tertiary/aromatic N) is 3. The van der Waals surface area contributed by atoms with Gasteiger partial charge in [-0.05, 0) is 43.5 Å². The molecule has 0 spiro atoms. The lowest BCUT2D eigenvalue weighted by atomic mass is 9.76. The molecule has 2 heterocycles. The molecule has 4 rings (SSSR count). The summed E-state index contributed by atoms with van der Waals surface area (Å²) in [6, 6.07) is 9.34. The van der Waals surface area contributed by atoms with Crippen LogP contribution < -0.4 is 10.9 Å². The maximum atomic E-state index is 13.0. The molecule has 0 unspecified atom stereocenters. The van der Waals surface area contributed by atoms with E-state index in [4.69, 9.17) is 11.6 Å². The van der Waals surface area contributed by atoms with Gasteiger partial charge in [0.05, 0.1) is 12.0 Å². The maximum absolute atomic E-state index is 13.0. The molecule has 0 bridgehead atoms. The van der Waals surface area contributed by atoms with Gasteiger partial charge in [0, 0.05) is 28.7 Å². The van der Waals surface area contributed by atoms with Crippen molar-refractivity contribution in [3.63, 3.8) is 0 Å². The molecule has 2 N–H and O–H groups in total. The van der Waals surface area contributed by atoms with Crippen molar-refractivity contribution in [2.75, 3.05) is 0 Å². The van der Waals surface area contributed by atoms with Gasteiger partial charge < -0.3 is 10.3 Å². The van der Waals surface area contributed by atoms with Crippen LogP contribution in [0.3, 0.4) is 0 Å². The molecule has 1 aliphatic carbocycles. The lowest BCUT2D eigenvalue weighted by Gasteiger charge is -2.39. The molecule has 8 heteroatoms. The molecule has 1 fully saturated rings. The molecular weight excluding hydrogens is 414 g/mol. The summed E-state index contributed by atoms with van der Waals surface area (Å²) < 4.78 is 0. The summed E-state index contributed by atoms with van der Waals surface area (Å²) in [5.74, 6) is 0.427. The normalized spacial score (nSPS) is 15.4. The van der Waals surface area contributed by atoms with Crippen molar-refractivity contribution < 1.29 is 4.79 Å². The average molecular weight is 438 g/mol. The second-order valence-corrected chi connectivity index (χ2v) is 8.36. The Morgan fingerprint density at radius 1 is 1.13 bits per heavy atom. The molecule has 7 nitrogen and oxygen atoms in total. The van der Waals surface area contributed by atoms with Crippen LogP contribution in [0.5, 0.6) is 0 Å². The Bertz CT molecular complexity index is 1120. The first-order valence-electron chi connectivity index (χ1n) is 10.4. The molecule has 1 aliphatic rings.